The molecule has 0 saturated heterocycles. The molecular formula is C23H18F6N8O2. The predicted molar refractivity (Wildman–Crippen MR) is 124 cm³/mol. The number of amides is 1. The van der Waals surface area contributed by atoms with Gasteiger partial charge < -0.3 is 15.8 Å². The van der Waals surface area contributed by atoms with Crippen molar-refractivity contribution >= 4 is 23.2 Å². The van der Waals surface area contributed by atoms with Gasteiger partial charge in [0.25, 0.3) is 0 Å². The fourth-order valence-corrected chi connectivity index (χ4v) is 4.31. The van der Waals surface area contributed by atoms with Gasteiger partial charge in [0.1, 0.15) is 28.6 Å². The van der Waals surface area contributed by atoms with E-state index in [0.717, 1.165) is 12.3 Å². The van der Waals surface area contributed by atoms with Gasteiger partial charge in [-0.15, -0.1) is 0 Å². The van der Waals surface area contributed by atoms with Crippen LogP contribution < -0.4 is 15.8 Å². The first-order valence-electron chi connectivity index (χ1n) is 11.2. The van der Waals surface area contributed by atoms with Crippen molar-refractivity contribution in [3.8, 4) is 17.4 Å². The first-order chi connectivity index (χ1) is 18.3. The third-order valence-corrected chi connectivity index (χ3v) is 6.42. The molecule has 4 aromatic rings. The van der Waals surface area contributed by atoms with E-state index in [1.807, 2.05) is 0 Å². The summed E-state index contributed by atoms with van der Waals surface area (Å²) in [5.41, 5.74) is 4.83. The molecule has 4 aromatic heterocycles. The Morgan fingerprint density at radius 2 is 1.85 bits per heavy atom. The van der Waals surface area contributed by atoms with Gasteiger partial charge in [0.2, 0.25) is 11.8 Å². The number of nitrogens with zero attached hydrogens (tertiary/aromatic N) is 6. The molecule has 5 rings (SSSR count). The van der Waals surface area contributed by atoms with Crippen LogP contribution in [0.5, 0.6) is 5.88 Å². The summed E-state index contributed by atoms with van der Waals surface area (Å²) in [6, 6.07) is 2.45. The SMILES string of the molecule is COc1cnc2c(CCC(F)(F)C(F)(F)F)nc(-c3nc(N)c4c(n3)NC(=O)C4(C)c3ccc(F)cn3)cn12. The lowest BCUT2D eigenvalue weighted by molar-refractivity contribution is -0.284. The number of methoxy groups -OCH3 is 1. The number of aromatic nitrogens is 6. The number of aryl methyl sites for hydroxylation is 1. The van der Waals surface area contributed by atoms with Crippen molar-refractivity contribution in [1.82, 2.24) is 29.3 Å². The van der Waals surface area contributed by atoms with E-state index in [2.05, 4.69) is 30.2 Å². The van der Waals surface area contributed by atoms with E-state index in [1.165, 1.54) is 36.9 Å². The number of pyridine rings is 1. The van der Waals surface area contributed by atoms with E-state index in [1.54, 1.807) is 0 Å². The zero-order valence-electron chi connectivity index (χ0n) is 20.1. The van der Waals surface area contributed by atoms with Crippen LogP contribution in [0, 0.1) is 5.82 Å². The second-order valence-corrected chi connectivity index (χ2v) is 8.87. The average Bonchev–Trinajstić information content (AvgIpc) is 3.40. The molecule has 1 aliphatic heterocycles. The third kappa shape index (κ3) is 4.15. The number of halogens is 6. The maximum absolute atomic E-state index is 13.7. The molecule has 0 fully saturated rings. The van der Waals surface area contributed by atoms with E-state index in [9.17, 15) is 31.1 Å². The van der Waals surface area contributed by atoms with Gasteiger partial charge >= 0.3 is 12.1 Å². The molecule has 1 atom stereocenters. The standard InChI is InChI=1S/C23H18F6N8O2/c1-21(13-4-3-10(24)7-31-13)15-16(30)34-17(35-18(15)36-20(21)38)12-9-37-14(39-2)8-32-19(37)11(33-12)5-6-22(25,26)23(27,28)29/h3-4,7-9H,5-6H2,1-2H3,(H3,30,34,35,36,38). The normalized spacial score (nSPS) is 17.4. The molecule has 0 bridgehead atoms. The number of carbonyl (C=O) groups is 1. The molecule has 1 aliphatic rings. The number of carbonyl (C=O) groups excluding carboxylic acids is 1. The molecule has 5 heterocycles. The molecule has 0 aromatic carbocycles. The molecule has 0 radical (unpaired) electrons. The highest BCUT2D eigenvalue weighted by Gasteiger charge is 2.56. The zero-order chi connectivity index (χ0) is 28.3. The molecule has 0 spiro atoms. The summed E-state index contributed by atoms with van der Waals surface area (Å²) in [5, 5.41) is 2.58. The van der Waals surface area contributed by atoms with Crippen LogP contribution in [0.4, 0.5) is 38.0 Å². The zero-order valence-corrected chi connectivity index (χ0v) is 20.1. The van der Waals surface area contributed by atoms with E-state index in [-0.39, 0.29) is 51.6 Å². The lowest BCUT2D eigenvalue weighted by atomic mass is 9.81. The van der Waals surface area contributed by atoms with Gasteiger partial charge in [-0.05, 0) is 25.5 Å². The topological polar surface area (TPSA) is 133 Å². The van der Waals surface area contributed by atoms with Crippen molar-refractivity contribution in [2.45, 2.75) is 37.3 Å². The highest BCUT2D eigenvalue weighted by molar-refractivity contribution is 6.08. The van der Waals surface area contributed by atoms with Crippen LogP contribution in [0.25, 0.3) is 17.2 Å². The van der Waals surface area contributed by atoms with Crippen molar-refractivity contribution in [3.05, 3.63) is 53.5 Å². The van der Waals surface area contributed by atoms with Crippen LogP contribution in [0.2, 0.25) is 0 Å². The number of nitrogens with one attached hydrogen (secondary N) is 1. The molecule has 0 aliphatic carbocycles. The van der Waals surface area contributed by atoms with Crippen LogP contribution >= 0.6 is 0 Å². The Labute approximate surface area is 215 Å². The van der Waals surface area contributed by atoms with Gasteiger partial charge in [-0.25, -0.2) is 24.3 Å². The highest BCUT2D eigenvalue weighted by atomic mass is 19.4. The fourth-order valence-electron chi connectivity index (χ4n) is 4.31. The summed E-state index contributed by atoms with van der Waals surface area (Å²) in [5.74, 6) is -6.33. The van der Waals surface area contributed by atoms with Crippen LogP contribution in [-0.2, 0) is 16.6 Å². The van der Waals surface area contributed by atoms with Crippen molar-refractivity contribution < 1.29 is 35.9 Å². The van der Waals surface area contributed by atoms with E-state index < -0.39 is 42.1 Å². The Morgan fingerprint density at radius 1 is 1.10 bits per heavy atom. The van der Waals surface area contributed by atoms with E-state index in [0.29, 0.717) is 0 Å². The fraction of sp³-hybridized carbons (Fsp3) is 0.304. The first kappa shape index (κ1) is 26.1. The lowest BCUT2D eigenvalue weighted by Crippen LogP contribution is -2.36. The molecule has 1 unspecified atom stereocenters. The summed E-state index contributed by atoms with van der Waals surface area (Å²) in [6.45, 7) is 1.51. The number of imidazole rings is 1. The summed E-state index contributed by atoms with van der Waals surface area (Å²) in [7, 11) is 1.31. The average molecular weight is 552 g/mol. The van der Waals surface area contributed by atoms with Gasteiger partial charge in [0.05, 0.1) is 36.5 Å². The van der Waals surface area contributed by atoms with Crippen molar-refractivity contribution in [2.75, 3.05) is 18.2 Å². The van der Waals surface area contributed by atoms with E-state index >= 15 is 0 Å². The molecule has 1 amide bonds. The summed E-state index contributed by atoms with van der Waals surface area (Å²) < 4.78 is 85.5. The maximum Gasteiger partial charge on any atom is 0.453 e. The smallest absolute Gasteiger partial charge is 0.453 e. The Morgan fingerprint density at radius 3 is 2.49 bits per heavy atom. The van der Waals surface area contributed by atoms with Gasteiger partial charge in [-0.2, -0.15) is 22.0 Å². The number of fused-ring (bicyclic) bond motifs is 2. The first-order valence-corrected chi connectivity index (χ1v) is 11.2. The van der Waals surface area contributed by atoms with Gasteiger partial charge in [0.15, 0.2) is 11.5 Å². The van der Waals surface area contributed by atoms with Crippen molar-refractivity contribution in [3.63, 3.8) is 0 Å². The maximum atomic E-state index is 13.7. The number of alkyl halides is 5. The van der Waals surface area contributed by atoms with Gasteiger partial charge in [-0.3, -0.25) is 14.2 Å². The van der Waals surface area contributed by atoms with Gasteiger partial charge in [-0.1, -0.05) is 0 Å². The Hall–Kier alpha value is -4.50. The Balaban J connectivity index is 1.61. The van der Waals surface area contributed by atoms with E-state index in [4.69, 9.17) is 10.5 Å². The van der Waals surface area contributed by atoms with Crippen LogP contribution in [0.15, 0.2) is 30.7 Å². The number of hydrogen-bond donors (Lipinski definition) is 2. The summed E-state index contributed by atoms with van der Waals surface area (Å²) in [6.07, 6.45) is -4.59. The Kier molecular flexibility index (Phi) is 5.88. The molecule has 0 saturated carbocycles. The molecular weight excluding hydrogens is 534 g/mol. The minimum absolute atomic E-state index is 0.000716. The number of ether oxygens (including phenoxy) is 1. The van der Waals surface area contributed by atoms with Crippen LogP contribution in [0.1, 0.15) is 30.3 Å². The number of rotatable bonds is 6. The van der Waals surface area contributed by atoms with Crippen LogP contribution in [0.3, 0.4) is 0 Å². The van der Waals surface area contributed by atoms with Crippen molar-refractivity contribution in [1.29, 1.82) is 0 Å². The van der Waals surface area contributed by atoms with Gasteiger partial charge in [0, 0.05) is 12.6 Å². The number of nitrogens with two attached hydrogens (primary N) is 1. The number of nitrogen functional groups attached to an aromatic ring is 1. The summed E-state index contributed by atoms with van der Waals surface area (Å²) in [4.78, 5) is 33.8. The van der Waals surface area contributed by atoms with Crippen molar-refractivity contribution in [2.24, 2.45) is 0 Å². The molecule has 3 N–H and O–H groups in total. The molecule has 204 valence electrons. The highest BCUT2D eigenvalue weighted by Crippen LogP contribution is 2.44. The minimum atomic E-state index is -5.74. The minimum Gasteiger partial charge on any atom is -0.481 e. The molecule has 39 heavy (non-hydrogen) atoms. The van der Waals surface area contributed by atoms with Crippen LogP contribution in [-0.4, -0.2) is 54.4 Å². The third-order valence-electron chi connectivity index (χ3n) is 6.42. The Bertz CT molecular complexity index is 1610. The largest absolute Gasteiger partial charge is 0.481 e. The second-order valence-electron chi connectivity index (χ2n) is 8.87. The second kappa shape index (κ2) is 8.78. The quantitative estimate of drug-likeness (QED) is 0.346. The lowest BCUT2D eigenvalue weighted by Gasteiger charge is -2.22. The number of hydrogen-bond acceptors (Lipinski definition) is 8. The summed E-state index contributed by atoms with van der Waals surface area (Å²) >= 11 is 0. The number of anilines is 2. The monoisotopic (exact) mass is 552 g/mol. The predicted octanol–water partition coefficient (Wildman–Crippen LogP) is 3.70. The molecule has 10 nitrogen and oxygen atoms in total. The molecule has 16 heteroatoms.